The summed E-state index contributed by atoms with van der Waals surface area (Å²) in [6.07, 6.45) is 0. The summed E-state index contributed by atoms with van der Waals surface area (Å²) in [5, 5.41) is 0. The van der Waals surface area contributed by atoms with Gasteiger partial charge in [-0.25, -0.2) is 0 Å². The van der Waals surface area contributed by atoms with Crippen molar-refractivity contribution in [1.29, 1.82) is 0 Å². The van der Waals surface area contributed by atoms with E-state index in [9.17, 15) is 4.79 Å². The second-order valence-corrected chi connectivity index (χ2v) is 1.21. The van der Waals surface area contributed by atoms with E-state index in [2.05, 4.69) is 0 Å². The predicted molar refractivity (Wildman–Crippen MR) is 25.1 cm³/mol. The van der Waals surface area contributed by atoms with Gasteiger partial charge in [-0.15, -0.1) is 0 Å². The standard InChI is InChI=1S/C3H8N3O/c4-1-2(5)3(6)7/h2,6H,1,4-5H2. The summed E-state index contributed by atoms with van der Waals surface area (Å²) in [5.74, 6) is -0.803. The molecule has 4 nitrogen and oxygen atoms in total. The quantitative estimate of drug-likeness (QED) is 0.425. The fourth-order valence-corrected chi connectivity index (χ4v) is 0.107. The van der Waals surface area contributed by atoms with Gasteiger partial charge in [-0.2, -0.15) is 0 Å². The van der Waals surface area contributed by atoms with E-state index in [0.717, 1.165) is 0 Å². The van der Waals surface area contributed by atoms with E-state index >= 15 is 0 Å². The number of carbonyl (C=O) groups is 1. The van der Waals surface area contributed by atoms with Gasteiger partial charge in [0.25, 0.3) is 5.91 Å². The lowest BCUT2D eigenvalue weighted by atomic mass is 10.3. The highest BCUT2D eigenvalue weighted by molar-refractivity contribution is 5.78. The first-order chi connectivity index (χ1) is 3.18. The minimum atomic E-state index is -0.803. The Hall–Kier alpha value is -0.610. The molecule has 4 heteroatoms. The van der Waals surface area contributed by atoms with E-state index in [1.54, 1.807) is 0 Å². The van der Waals surface area contributed by atoms with Crippen molar-refractivity contribution in [3.63, 3.8) is 0 Å². The molecule has 0 aliphatic carbocycles. The first-order valence-corrected chi connectivity index (χ1v) is 1.89. The Kier molecular flexibility index (Phi) is 2.32. The molecule has 0 saturated carbocycles. The number of nitrogens with one attached hydrogen (secondary N) is 1. The molecular formula is C3H8N3O. The molecule has 1 radical (unpaired) electrons. The van der Waals surface area contributed by atoms with Crippen LogP contribution in [0, 0.1) is 0 Å². The zero-order chi connectivity index (χ0) is 5.86. The topological polar surface area (TPSA) is 92.9 Å². The van der Waals surface area contributed by atoms with Crippen LogP contribution < -0.4 is 17.2 Å². The number of hydrogen-bond acceptors (Lipinski definition) is 3. The highest BCUT2D eigenvalue weighted by Crippen LogP contribution is 1.67. The molecule has 0 saturated heterocycles. The van der Waals surface area contributed by atoms with Crippen molar-refractivity contribution in [2.24, 2.45) is 11.5 Å². The number of hydrogen-bond donors (Lipinski definition) is 2. The third kappa shape index (κ3) is 2.13. The maximum atomic E-state index is 9.84. The largest absolute Gasteiger partial charge is 0.328 e. The highest BCUT2D eigenvalue weighted by Gasteiger charge is 2.04. The van der Waals surface area contributed by atoms with E-state index in [4.69, 9.17) is 17.2 Å². The molecule has 1 amide bonds. The van der Waals surface area contributed by atoms with Crippen LogP contribution in [0.15, 0.2) is 0 Å². The van der Waals surface area contributed by atoms with E-state index in [0.29, 0.717) is 0 Å². The first-order valence-electron chi connectivity index (χ1n) is 1.89. The zero-order valence-corrected chi connectivity index (χ0v) is 3.85. The van der Waals surface area contributed by atoms with Gasteiger partial charge in [0.15, 0.2) is 0 Å². The summed E-state index contributed by atoms with van der Waals surface area (Å²) >= 11 is 0. The molecular weight excluding hydrogens is 94.1 g/mol. The van der Waals surface area contributed by atoms with E-state index in [-0.39, 0.29) is 6.54 Å². The maximum absolute atomic E-state index is 9.84. The average molecular weight is 102 g/mol. The Morgan fingerprint density at radius 3 is 2.29 bits per heavy atom. The van der Waals surface area contributed by atoms with Crippen molar-refractivity contribution in [2.45, 2.75) is 6.04 Å². The molecule has 0 bridgehead atoms. The summed E-state index contributed by atoms with van der Waals surface area (Å²) in [4.78, 5) is 9.84. The number of amides is 1. The first kappa shape index (κ1) is 6.39. The van der Waals surface area contributed by atoms with Crippen LogP contribution in [0.25, 0.3) is 0 Å². The lowest BCUT2D eigenvalue weighted by Gasteiger charge is -1.97. The van der Waals surface area contributed by atoms with Crippen molar-refractivity contribution in [1.82, 2.24) is 5.73 Å². The summed E-state index contributed by atoms with van der Waals surface area (Å²) < 4.78 is 0. The third-order valence-electron chi connectivity index (χ3n) is 0.591. The lowest BCUT2D eigenvalue weighted by molar-refractivity contribution is -0.119. The molecule has 0 aliphatic rings. The molecule has 0 heterocycles. The molecule has 0 aliphatic heterocycles. The van der Waals surface area contributed by atoms with Crippen molar-refractivity contribution in [3.05, 3.63) is 0 Å². The summed E-state index contributed by atoms with van der Waals surface area (Å²) in [7, 11) is 0. The Labute approximate surface area is 41.7 Å². The predicted octanol–water partition coefficient (Wildman–Crippen LogP) is -1.92. The van der Waals surface area contributed by atoms with Gasteiger partial charge in [0.2, 0.25) is 0 Å². The van der Waals surface area contributed by atoms with Crippen LogP contribution >= 0.6 is 0 Å². The smallest absolute Gasteiger partial charge is 0.256 e. The van der Waals surface area contributed by atoms with Gasteiger partial charge >= 0.3 is 0 Å². The van der Waals surface area contributed by atoms with Gasteiger partial charge in [0.05, 0.1) is 6.04 Å². The van der Waals surface area contributed by atoms with Crippen molar-refractivity contribution in [2.75, 3.05) is 6.54 Å². The van der Waals surface area contributed by atoms with Crippen LogP contribution in [-0.4, -0.2) is 18.5 Å². The monoisotopic (exact) mass is 102 g/mol. The van der Waals surface area contributed by atoms with Gasteiger partial charge in [0.1, 0.15) is 0 Å². The summed E-state index contributed by atoms with van der Waals surface area (Å²) in [5.41, 5.74) is 16.2. The van der Waals surface area contributed by atoms with Gasteiger partial charge in [-0.3, -0.25) is 10.5 Å². The number of rotatable bonds is 2. The minimum Gasteiger partial charge on any atom is -0.328 e. The molecule has 0 aromatic rings. The molecule has 41 valence electrons. The van der Waals surface area contributed by atoms with Gasteiger partial charge in [0, 0.05) is 6.54 Å². The van der Waals surface area contributed by atoms with Crippen LogP contribution in [0.2, 0.25) is 0 Å². The Bertz CT molecular complexity index is 72.6. The summed E-state index contributed by atoms with van der Waals surface area (Å²) in [6.45, 7) is 0.0579. The molecule has 0 aromatic carbocycles. The highest BCUT2D eigenvalue weighted by atomic mass is 16.1. The minimum absolute atomic E-state index is 0.0579. The Balaban J connectivity index is 3.34. The van der Waals surface area contributed by atoms with Crippen LogP contribution in [0.1, 0.15) is 0 Å². The third-order valence-corrected chi connectivity index (χ3v) is 0.591. The van der Waals surface area contributed by atoms with Crippen molar-refractivity contribution >= 4 is 5.91 Å². The molecule has 5 N–H and O–H groups in total. The lowest BCUT2D eigenvalue weighted by Crippen LogP contribution is -2.38. The second kappa shape index (κ2) is 2.54. The van der Waals surface area contributed by atoms with E-state index in [1.165, 1.54) is 0 Å². The molecule has 7 heavy (non-hydrogen) atoms. The van der Waals surface area contributed by atoms with E-state index in [1.807, 2.05) is 0 Å². The van der Waals surface area contributed by atoms with Crippen molar-refractivity contribution < 1.29 is 4.79 Å². The SMILES string of the molecule is [NH]C(=O)C(N)CN. The molecule has 1 atom stereocenters. The maximum Gasteiger partial charge on any atom is 0.256 e. The Morgan fingerprint density at radius 1 is 1.86 bits per heavy atom. The Morgan fingerprint density at radius 2 is 2.29 bits per heavy atom. The molecule has 0 spiro atoms. The zero-order valence-electron chi connectivity index (χ0n) is 3.85. The van der Waals surface area contributed by atoms with Crippen LogP contribution in [0.5, 0.6) is 0 Å². The molecule has 0 fully saturated rings. The normalized spacial score (nSPS) is 13.4. The second-order valence-electron chi connectivity index (χ2n) is 1.21. The molecule has 1 unspecified atom stereocenters. The van der Waals surface area contributed by atoms with Crippen LogP contribution in [0.4, 0.5) is 0 Å². The van der Waals surface area contributed by atoms with Gasteiger partial charge < -0.3 is 11.5 Å². The fourth-order valence-electron chi connectivity index (χ4n) is 0.107. The van der Waals surface area contributed by atoms with Gasteiger partial charge in [-0.05, 0) is 0 Å². The van der Waals surface area contributed by atoms with Gasteiger partial charge in [-0.1, -0.05) is 0 Å². The van der Waals surface area contributed by atoms with Crippen LogP contribution in [0.3, 0.4) is 0 Å². The van der Waals surface area contributed by atoms with E-state index < -0.39 is 11.9 Å². The number of nitrogens with two attached hydrogens (primary N) is 2. The summed E-state index contributed by atoms with van der Waals surface area (Å²) in [6, 6.07) is -0.792. The number of carbonyl (C=O) groups excluding carboxylic acids is 1. The fraction of sp³-hybridized carbons (Fsp3) is 0.667. The molecule has 0 aromatic heterocycles. The van der Waals surface area contributed by atoms with Crippen LogP contribution in [-0.2, 0) is 4.79 Å². The molecule has 0 rings (SSSR count). The average Bonchev–Trinajstić information content (AvgIpc) is 1.65. The van der Waals surface area contributed by atoms with Crippen molar-refractivity contribution in [3.8, 4) is 0 Å².